The first kappa shape index (κ1) is 18.6. The highest BCUT2D eigenvalue weighted by Crippen LogP contribution is 2.23. The number of anilines is 1. The van der Waals surface area contributed by atoms with Crippen LogP contribution >= 0.6 is 11.6 Å². The van der Waals surface area contributed by atoms with Gasteiger partial charge in [-0.15, -0.1) is 0 Å². The molecule has 0 bridgehead atoms. The number of nitrogens with one attached hydrogen (secondary N) is 2. The molecule has 2 N–H and O–H groups in total. The smallest absolute Gasteiger partial charge is 0.191 e. The number of halogens is 1. The van der Waals surface area contributed by atoms with Gasteiger partial charge in [-0.2, -0.15) is 5.10 Å². The highest BCUT2D eigenvalue weighted by Gasteiger charge is 2.23. The Kier molecular flexibility index (Phi) is 6.39. The lowest BCUT2D eigenvalue weighted by atomic mass is 10.3. The Bertz CT molecular complexity index is 741. The first-order valence-corrected chi connectivity index (χ1v) is 9.56. The number of hydrogen-bond donors (Lipinski definition) is 2. The Morgan fingerprint density at radius 1 is 1.42 bits per heavy atom. The number of nitrogens with zero attached hydrogens (tertiary/aromatic N) is 4. The molecule has 2 heterocycles. The molecule has 3 rings (SSSR count). The molecule has 1 aromatic heterocycles. The molecule has 1 atom stereocenters. The van der Waals surface area contributed by atoms with E-state index in [9.17, 15) is 0 Å². The maximum Gasteiger partial charge on any atom is 0.191 e. The Hall–Kier alpha value is -2.21. The van der Waals surface area contributed by atoms with Crippen LogP contribution in [-0.2, 0) is 6.54 Å². The molecule has 7 heteroatoms. The van der Waals surface area contributed by atoms with Crippen molar-refractivity contribution in [2.75, 3.05) is 31.1 Å². The Morgan fingerprint density at radius 2 is 2.31 bits per heavy atom. The molecular weight excluding hydrogens is 348 g/mol. The number of guanidine groups is 1. The highest BCUT2D eigenvalue weighted by atomic mass is 35.5. The van der Waals surface area contributed by atoms with E-state index >= 15 is 0 Å². The lowest BCUT2D eigenvalue weighted by Gasteiger charge is -2.20. The fraction of sp³-hybridized carbons (Fsp3) is 0.474. The zero-order chi connectivity index (χ0) is 18.4. The van der Waals surface area contributed by atoms with Crippen LogP contribution in [0.2, 0.25) is 5.02 Å². The molecular formula is C19H27ClN6. The van der Waals surface area contributed by atoms with Gasteiger partial charge in [-0.3, -0.25) is 9.67 Å². The number of aryl methyl sites for hydroxylation is 1. The maximum atomic E-state index is 6.12. The number of benzene rings is 1. The number of hydrogen-bond acceptors (Lipinski definition) is 3. The van der Waals surface area contributed by atoms with E-state index in [2.05, 4.69) is 38.6 Å². The third-order valence-corrected chi connectivity index (χ3v) is 4.64. The van der Waals surface area contributed by atoms with Crippen molar-refractivity contribution in [1.82, 2.24) is 20.4 Å². The zero-order valence-electron chi connectivity index (χ0n) is 15.5. The third-order valence-electron chi connectivity index (χ3n) is 4.41. The minimum Gasteiger partial charge on any atom is -0.369 e. The Labute approximate surface area is 160 Å². The third kappa shape index (κ3) is 5.14. The van der Waals surface area contributed by atoms with Crippen molar-refractivity contribution in [1.29, 1.82) is 0 Å². The van der Waals surface area contributed by atoms with E-state index in [1.54, 1.807) is 0 Å². The van der Waals surface area contributed by atoms with E-state index in [1.165, 1.54) is 11.3 Å². The second-order valence-corrected chi connectivity index (χ2v) is 7.03. The van der Waals surface area contributed by atoms with E-state index in [-0.39, 0.29) is 0 Å². The van der Waals surface area contributed by atoms with Gasteiger partial charge in [-0.25, -0.2) is 0 Å². The lowest BCUT2D eigenvalue weighted by Crippen LogP contribution is -2.44. The van der Waals surface area contributed by atoms with Gasteiger partial charge in [0.25, 0.3) is 0 Å². The quantitative estimate of drug-likeness (QED) is 0.603. The average Bonchev–Trinajstić information content (AvgIpc) is 3.24. The summed E-state index contributed by atoms with van der Waals surface area (Å²) in [4.78, 5) is 7.05. The molecule has 0 radical (unpaired) electrons. The molecule has 0 saturated carbocycles. The molecule has 2 aromatic rings. The highest BCUT2D eigenvalue weighted by molar-refractivity contribution is 6.30. The topological polar surface area (TPSA) is 57.5 Å². The van der Waals surface area contributed by atoms with Crippen LogP contribution in [0.15, 0.2) is 41.7 Å². The summed E-state index contributed by atoms with van der Waals surface area (Å²) in [6.07, 6.45) is 4.99. The van der Waals surface area contributed by atoms with Crippen molar-refractivity contribution in [2.24, 2.45) is 4.99 Å². The lowest BCUT2D eigenvalue weighted by molar-refractivity contribution is 0.613. The fourth-order valence-corrected chi connectivity index (χ4v) is 3.34. The van der Waals surface area contributed by atoms with Gasteiger partial charge < -0.3 is 15.5 Å². The van der Waals surface area contributed by atoms with Crippen molar-refractivity contribution in [3.63, 3.8) is 0 Å². The van der Waals surface area contributed by atoms with Gasteiger partial charge in [0.05, 0.1) is 19.3 Å². The molecule has 140 valence electrons. The number of rotatable bonds is 6. The van der Waals surface area contributed by atoms with Crippen LogP contribution in [0, 0.1) is 6.92 Å². The first-order valence-electron chi connectivity index (χ1n) is 9.18. The van der Waals surface area contributed by atoms with E-state index < -0.39 is 0 Å². The molecule has 1 fully saturated rings. The second kappa shape index (κ2) is 8.94. The van der Waals surface area contributed by atoms with E-state index in [1.807, 2.05) is 42.2 Å². The summed E-state index contributed by atoms with van der Waals surface area (Å²) in [5.41, 5.74) is 2.35. The SMILES string of the molecule is CCNC(=NCCn1cc(C)cn1)NC1CCN(c2cccc(Cl)c2)C1. The zero-order valence-corrected chi connectivity index (χ0v) is 16.2. The molecule has 1 saturated heterocycles. The molecule has 0 amide bonds. The van der Waals surface area contributed by atoms with Crippen LogP contribution in [0.25, 0.3) is 0 Å². The largest absolute Gasteiger partial charge is 0.369 e. The van der Waals surface area contributed by atoms with Gasteiger partial charge in [0.2, 0.25) is 0 Å². The Balaban J connectivity index is 1.53. The molecule has 0 spiro atoms. The molecule has 1 unspecified atom stereocenters. The monoisotopic (exact) mass is 374 g/mol. The predicted octanol–water partition coefficient (Wildman–Crippen LogP) is 2.68. The van der Waals surface area contributed by atoms with Crippen molar-refractivity contribution >= 4 is 23.2 Å². The van der Waals surface area contributed by atoms with Crippen LogP contribution in [0.5, 0.6) is 0 Å². The molecule has 1 aromatic carbocycles. The van der Waals surface area contributed by atoms with Gasteiger partial charge in [0.15, 0.2) is 5.96 Å². The molecule has 26 heavy (non-hydrogen) atoms. The van der Waals surface area contributed by atoms with E-state index in [0.717, 1.165) is 43.6 Å². The molecule has 6 nitrogen and oxygen atoms in total. The summed E-state index contributed by atoms with van der Waals surface area (Å²) in [5, 5.41) is 12.0. The summed E-state index contributed by atoms with van der Waals surface area (Å²) in [5.74, 6) is 0.870. The minimum atomic E-state index is 0.374. The maximum absolute atomic E-state index is 6.12. The van der Waals surface area contributed by atoms with Crippen molar-refractivity contribution in [3.8, 4) is 0 Å². The van der Waals surface area contributed by atoms with Crippen LogP contribution in [0.3, 0.4) is 0 Å². The van der Waals surface area contributed by atoms with Crippen LogP contribution in [0.4, 0.5) is 5.69 Å². The first-order chi connectivity index (χ1) is 12.6. The minimum absolute atomic E-state index is 0.374. The van der Waals surface area contributed by atoms with Crippen molar-refractivity contribution in [3.05, 3.63) is 47.2 Å². The summed E-state index contributed by atoms with van der Waals surface area (Å²) < 4.78 is 1.93. The van der Waals surface area contributed by atoms with Gasteiger partial charge in [0.1, 0.15) is 0 Å². The summed E-state index contributed by atoms with van der Waals surface area (Å²) >= 11 is 6.12. The fourth-order valence-electron chi connectivity index (χ4n) is 3.15. The summed E-state index contributed by atoms with van der Waals surface area (Å²) in [6.45, 7) is 8.42. The normalized spacial score (nSPS) is 17.6. The average molecular weight is 375 g/mol. The van der Waals surface area contributed by atoms with Crippen molar-refractivity contribution < 1.29 is 0 Å². The van der Waals surface area contributed by atoms with Crippen molar-refractivity contribution in [2.45, 2.75) is 32.9 Å². The van der Waals surface area contributed by atoms with E-state index in [4.69, 9.17) is 11.6 Å². The van der Waals surface area contributed by atoms with E-state index in [0.29, 0.717) is 12.6 Å². The second-order valence-electron chi connectivity index (χ2n) is 6.60. The molecule has 1 aliphatic rings. The van der Waals surface area contributed by atoms with Gasteiger partial charge in [0, 0.05) is 42.6 Å². The standard InChI is InChI=1S/C19H27ClN6/c1-3-21-19(22-8-10-26-13-15(2)12-23-26)24-17-7-9-25(14-17)18-6-4-5-16(20)11-18/h4-6,11-13,17H,3,7-10,14H2,1-2H3,(H2,21,22,24). The molecule has 1 aliphatic heterocycles. The summed E-state index contributed by atoms with van der Waals surface area (Å²) in [7, 11) is 0. The van der Waals surface area contributed by atoms with Gasteiger partial charge >= 0.3 is 0 Å². The van der Waals surface area contributed by atoms with Crippen LogP contribution in [-0.4, -0.2) is 48.0 Å². The van der Waals surface area contributed by atoms with Crippen LogP contribution < -0.4 is 15.5 Å². The van der Waals surface area contributed by atoms with Gasteiger partial charge in [-0.1, -0.05) is 17.7 Å². The number of aromatic nitrogens is 2. The van der Waals surface area contributed by atoms with Crippen LogP contribution in [0.1, 0.15) is 18.9 Å². The summed E-state index contributed by atoms with van der Waals surface area (Å²) in [6, 6.07) is 8.42. The predicted molar refractivity (Wildman–Crippen MR) is 108 cm³/mol. The Morgan fingerprint density at radius 3 is 3.04 bits per heavy atom. The number of aliphatic imine (C=N–C) groups is 1. The molecule has 0 aliphatic carbocycles. The van der Waals surface area contributed by atoms with Gasteiger partial charge in [-0.05, 0) is 44.0 Å².